The Kier molecular flexibility index (Phi) is 7.33. The number of aryl methyl sites for hydroxylation is 1. The van der Waals surface area contributed by atoms with Gasteiger partial charge in [0.2, 0.25) is 0 Å². The number of rotatable bonds is 6. The average Bonchev–Trinajstić information content (AvgIpc) is 3.48. The number of amides is 3. The summed E-state index contributed by atoms with van der Waals surface area (Å²) >= 11 is 0. The van der Waals surface area contributed by atoms with E-state index >= 15 is 0 Å². The lowest BCUT2D eigenvalue weighted by Gasteiger charge is -2.47. The number of urea groups is 1. The summed E-state index contributed by atoms with van der Waals surface area (Å²) in [4.78, 5) is 40.4. The number of carbonyl (C=O) groups excluding carboxylic acids is 2. The van der Waals surface area contributed by atoms with Gasteiger partial charge in [-0.3, -0.25) is 9.80 Å². The molecule has 0 unspecified atom stereocenters. The number of nitrogens with zero attached hydrogens (tertiary/aromatic N) is 6. The maximum absolute atomic E-state index is 14.7. The van der Waals surface area contributed by atoms with Crippen LogP contribution >= 0.6 is 0 Å². The second-order valence-corrected chi connectivity index (χ2v) is 10.9. The summed E-state index contributed by atoms with van der Waals surface area (Å²) in [5.74, 6) is 0.0205. The number of imidazole rings is 1. The molecule has 1 fully saturated rings. The first-order valence-electron chi connectivity index (χ1n) is 13.6. The van der Waals surface area contributed by atoms with Crippen molar-refractivity contribution in [2.45, 2.75) is 58.9 Å². The second kappa shape index (κ2) is 10.7. The zero-order valence-electron chi connectivity index (χ0n) is 23.0. The molecule has 39 heavy (non-hydrogen) atoms. The molecule has 0 aliphatic carbocycles. The minimum Gasteiger partial charge on any atom is -0.449 e. The average molecular weight is 538 g/mol. The smallest absolute Gasteiger partial charge is 0.410 e. The number of ether oxygens (including phenoxy) is 1. The minimum absolute atomic E-state index is 0.0777. The Morgan fingerprint density at radius 1 is 1.18 bits per heavy atom. The molecule has 11 heteroatoms. The highest BCUT2D eigenvalue weighted by Gasteiger charge is 2.39. The molecular formula is C28H36FN7O3. The third-order valence-corrected chi connectivity index (χ3v) is 7.44. The Morgan fingerprint density at radius 3 is 2.77 bits per heavy atom. The van der Waals surface area contributed by atoms with Crippen LogP contribution < -0.4 is 15.1 Å². The number of halogens is 1. The van der Waals surface area contributed by atoms with E-state index in [9.17, 15) is 14.0 Å². The van der Waals surface area contributed by atoms with Gasteiger partial charge in [0, 0.05) is 62.1 Å². The molecule has 10 nitrogen and oxygen atoms in total. The fourth-order valence-corrected chi connectivity index (χ4v) is 5.47. The van der Waals surface area contributed by atoms with Gasteiger partial charge in [0.25, 0.3) is 0 Å². The van der Waals surface area contributed by atoms with Crippen LogP contribution in [0.3, 0.4) is 0 Å². The highest BCUT2D eigenvalue weighted by molar-refractivity contribution is 6.03. The van der Waals surface area contributed by atoms with E-state index in [-0.39, 0.29) is 11.8 Å². The summed E-state index contributed by atoms with van der Waals surface area (Å²) in [5, 5.41) is 2.70. The molecule has 3 aromatic rings. The van der Waals surface area contributed by atoms with Crippen molar-refractivity contribution in [1.82, 2.24) is 19.3 Å². The lowest BCUT2D eigenvalue weighted by Crippen LogP contribution is -2.61. The Balaban J connectivity index is 1.29. The van der Waals surface area contributed by atoms with Crippen molar-refractivity contribution in [1.29, 1.82) is 0 Å². The van der Waals surface area contributed by atoms with E-state index in [1.165, 1.54) is 12.3 Å². The summed E-state index contributed by atoms with van der Waals surface area (Å²) in [5.41, 5.74) is 2.85. The Hall–Kier alpha value is -3.89. The van der Waals surface area contributed by atoms with Crippen LogP contribution in [0.15, 0.2) is 30.7 Å². The number of unbranched alkanes of at least 4 members (excludes halogenated alkanes) is 2. The number of hydrogen-bond acceptors (Lipinski definition) is 6. The largest absolute Gasteiger partial charge is 0.449 e. The quantitative estimate of drug-likeness (QED) is 0.445. The molecule has 0 spiro atoms. The van der Waals surface area contributed by atoms with Gasteiger partial charge >= 0.3 is 12.1 Å². The molecule has 0 bridgehead atoms. The van der Waals surface area contributed by atoms with Crippen LogP contribution in [0.1, 0.15) is 51.3 Å². The van der Waals surface area contributed by atoms with Crippen LogP contribution in [0.4, 0.5) is 31.2 Å². The predicted molar refractivity (Wildman–Crippen MR) is 148 cm³/mol. The van der Waals surface area contributed by atoms with E-state index in [1.807, 2.05) is 31.7 Å². The molecule has 0 saturated carbocycles. The molecule has 0 radical (unpaired) electrons. The summed E-state index contributed by atoms with van der Waals surface area (Å²) < 4.78 is 21.9. The maximum Gasteiger partial charge on any atom is 0.410 e. The van der Waals surface area contributed by atoms with Gasteiger partial charge in [-0.1, -0.05) is 19.8 Å². The Morgan fingerprint density at radius 2 is 2.00 bits per heavy atom. The van der Waals surface area contributed by atoms with Gasteiger partial charge in [-0.15, -0.1) is 0 Å². The summed E-state index contributed by atoms with van der Waals surface area (Å²) in [6, 6.07) is 2.83. The highest BCUT2D eigenvalue weighted by atomic mass is 19.1. The number of fused-ring (bicyclic) bond motifs is 2. The van der Waals surface area contributed by atoms with Crippen molar-refractivity contribution in [3.63, 3.8) is 0 Å². The van der Waals surface area contributed by atoms with Crippen LogP contribution in [0, 0.1) is 12.7 Å². The number of carbonyl (C=O) groups is 2. The molecule has 2 aliphatic rings. The molecule has 5 heterocycles. The number of anilines is 3. The summed E-state index contributed by atoms with van der Waals surface area (Å²) in [6.45, 7) is 10.7. The van der Waals surface area contributed by atoms with E-state index in [1.54, 1.807) is 21.7 Å². The third kappa shape index (κ3) is 5.35. The van der Waals surface area contributed by atoms with Gasteiger partial charge in [-0.2, -0.15) is 0 Å². The SMILES string of the molecule is CCCCCOC(=O)N1CCN(c2ccnc3c2CCN3C(=O)Nc2cn3cc(C)nc3cc2F)CC1(C)C. The van der Waals surface area contributed by atoms with Gasteiger partial charge in [-0.05, 0) is 39.7 Å². The molecule has 1 N–H and O–H groups in total. The topological polar surface area (TPSA) is 95.3 Å². The monoisotopic (exact) mass is 537 g/mol. The summed E-state index contributed by atoms with van der Waals surface area (Å²) in [7, 11) is 0. The van der Waals surface area contributed by atoms with Crippen molar-refractivity contribution in [2.24, 2.45) is 0 Å². The van der Waals surface area contributed by atoms with E-state index in [0.29, 0.717) is 50.7 Å². The Bertz CT molecular complexity index is 1390. The van der Waals surface area contributed by atoms with E-state index < -0.39 is 17.4 Å². The van der Waals surface area contributed by atoms with E-state index in [0.717, 1.165) is 36.2 Å². The molecular weight excluding hydrogens is 501 g/mol. The lowest BCUT2D eigenvalue weighted by molar-refractivity contribution is 0.0550. The lowest BCUT2D eigenvalue weighted by atomic mass is 9.98. The van der Waals surface area contributed by atoms with Crippen molar-refractivity contribution < 1.29 is 18.7 Å². The van der Waals surface area contributed by atoms with Crippen LogP contribution in [0.5, 0.6) is 0 Å². The van der Waals surface area contributed by atoms with Gasteiger partial charge in [0.15, 0.2) is 5.82 Å². The predicted octanol–water partition coefficient (Wildman–Crippen LogP) is 5.00. The molecule has 0 aromatic carbocycles. The van der Waals surface area contributed by atoms with Crippen LogP contribution in [0.25, 0.3) is 5.65 Å². The first kappa shape index (κ1) is 26.7. The Labute approximate surface area is 227 Å². The number of hydrogen-bond donors (Lipinski definition) is 1. The molecule has 2 aliphatic heterocycles. The van der Waals surface area contributed by atoms with Crippen molar-refractivity contribution >= 4 is 35.0 Å². The summed E-state index contributed by atoms with van der Waals surface area (Å²) in [6.07, 6.45) is 8.36. The van der Waals surface area contributed by atoms with E-state index in [2.05, 4.69) is 27.1 Å². The van der Waals surface area contributed by atoms with Gasteiger partial charge in [-0.25, -0.2) is 23.9 Å². The zero-order chi connectivity index (χ0) is 27.7. The fraction of sp³-hybridized carbons (Fsp3) is 0.500. The first-order valence-corrected chi connectivity index (χ1v) is 13.6. The molecule has 1 saturated heterocycles. The number of nitrogens with one attached hydrogen (secondary N) is 1. The normalized spacial score (nSPS) is 16.5. The molecule has 5 rings (SSSR count). The van der Waals surface area contributed by atoms with Crippen LogP contribution in [-0.2, 0) is 11.2 Å². The third-order valence-electron chi connectivity index (χ3n) is 7.44. The molecule has 3 aromatic heterocycles. The highest BCUT2D eigenvalue weighted by Crippen LogP contribution is 2.36. The zero-order valence-corrected chi connectivity index (χ0v) is 23.0. The van der Waals surface area contributed by atoms with Gasteiger partial charge < -0.3 is 19.4 Å². The fourth-order valence-electron chi connectivity index (χ4n) is 5.47. The molecule has 3 amide bonds. The van der Waals surface area contributed by atoms with Crippen LogP contribution in [0.2, 0.25) is 0 Å². The molecule has 0 atom stereocenters. The van der Waals surface area contributed by atoms with Crippen molar-refractivity contribution in [3.05, 3.63) is 47.8 Å². The van der Waals surface area contributed by atoms with Crippen molar-refractivity contribution in [3.8, 4) is 0 Å². The number of aromatic nitrogens is 3. The standard InChI is InChI=1S/C28H36FN7O3/c1-5-6-7-14-39-27(38)36-13-12-33(18-28(36,3)4)23-8-10-30-25-20(23)9-11-35(25)26(37)32-22-17-34-16-19(2)31-24(34)15-21(22)29/h8,10,15-17H,5-7,9,11-14,18H2,1-4H3,(H,32,37). The first-order chi connectivity index (χ1) is 18.7. The van der Waals surface area contributed by atoms with Crippen LogP contribution in [-0.4, -0.2) is 69.7 Å². The maximum atomic E-state index is 14.7. The number of pyridine rings is 2. The van der Waals surface area contributed by atoms with Crippen molar-refractivity contribution in [2.75, 3.05) is 47.9 Å². The van der Waals surface area contributed by atoms with Gasteiger partial charge in [0.1, 0.15) is 11.5 Å². The van der Waals surface area contributed by atoms with E-state index in [4.69, 9.17) is 4.74 Å². The number of piperazine rings is 1. The van der Waals surface area contributed by atoms with Gasteiger partial charge in [0.05, 0.1) is 23.5 Å². The minimum atomic E-state index is -0.549. The second-order valence-electron chi connectivity index (χ2n) is 10.9. The molecule has 208 valence electrons.